The average Bonchev–Trinajstić information content (AvgIpc) is 2.67. The van der Waals surface area contributed by atoms with Gasteiger partial charge in [-0.2, -0.15) is 0 Å². The van der Waals surface area contributed by atoms with Gasteiger partial charge in [0.25, 0.3) is 0 Å². The Morgan fingerprint density at radius 1 is 1.30 bits per heavy atom. The van der Waals surface area contributed by atoms with Gasteiger partial charge in [-0.3, -0.25) is 0 Å². The van der Waals surface area contributed by atoms with Crippen LogP contribution >= 0.6 is 0 Å². The predicted molar refractivity (Wildman–Crippen MR) is 83.6 cm³/mol. The van der Waals surface area contributed by atoms with Crippen molar-refractivity contribution in [2.45, 2.75) is 39.7 Å². The van der Waals surface area contributed by atoms with E-state index < -0.39 is 0 Å². The van der Waals surface area contributed by atoms with Crippen LogP contribution in [0.1, 0.15) is 33.6 Å². The minimum atomic E-state index is -0.172. The monoisotopic (exact) mass is 278 g/mol. The third kappa shape index (κ3) is 3.32. The minimum absolute atomic E-state index is 0.172. The van der Waals surface area contributed by atoms with Crippen molar-refractivity contribution in [2.75, 3.05) is 25.0 Å². The molecule has 0 aliphatic heterocycles. The Kier molecular flexibility index (Phi) is 4.69. The lowest BCUT2D eigenvalue weighted by Gasteiger charge is -2.34. The molecule has 1 saturated carbocycles. The molecule has 0 saturated heterocycles. The third-order valence-corrected chi connectivity index (χ3v) is 4.67. The summed E-state index contributed by atoms with van der Waals surface area (Å²) in [7, 11) is 2.10. The molecule has 3 heteroatoms. The Balaban J connectivity index is 2.03. The van der Waals surface area contributed by atoms with Gasteiger partial charge in [-0.15, -0.1) is 0 Å². The van der Waals surface area contributed by atoms with Crippen LogP contribution in [-0.4, -0.2) is 26.2 Å². The second-order valence-corrected chi connectivity index (χ2v) is 6.68. The van der Waals surface area contributed by atoms with Gasteiger partial charge in [-0.05, 0) is 55.0 Å². The summed E-state index contributed by atoms with van der Waals surface area (Å²) in [6, 6.07) is 7.35. The molecule has 0 radical (unpaired) electrons. The molecule has 1 aromatic rings. The van der Waals surface area contributed by atoms with E-state index in [1.54, 1.807) is 0 Å². The Bertz CT molecular complexity index is 427. The fourth-order valence-corrected chi connectivity index (χ4v) is 3.53. The van der Waals surface area contributed by atoms with Gasteiger partial charge in [0, 0.05) is 25.3 Å². The van der Waals surface area contributed by atoms with Crippen LogP contribution in [-0.2, 0) is 0 Å². The number of nitrogens with one attached hydrogen (secondary N) is 1. The summed E-state index contributed by atoms with van der Waals surface area (Å²) in [6.07, 6.45) is 2.53. The molecule has 1 aliphatic carbocycles. The Hall–Kier alpha value is -1.09. The standard InChI is InChI=1S/C17H27FN2/c1-5-19-16-13(10-11-17(16,2)3)12-20(4)15-8-6-14(18)7-9-15/h6-9,13,16,19H,5,10-12H2,1-4H3. The first kappa shape index (κ1) is 15.3. The number of hydrogen-bond donors (Lipinski definition) is 1. The number of nitrogens with zero attached hydrogens (tertiary/aromatic N) is 1. The van der Waals surface area contributed by atoms with Gasteiger partial charge in [-0.25, -0.2) is 4.39 Å². The van der Waals surface area contributed by atoms with E-state index in [1.165, 1.54) is 25.0 Å². The van der Waals surface area contributed by atoms with Crippen molar-refractivity contribution < 1.29 is 4.39 Å². The molecule has 2 nitrogen and oxygen atoms in total. The second kappa shape index (κ2) is 6.13. The van der Waals surface area contributed by atoms with Crippen LogP contribution in [0.4, 0.5) is 10.1 Å². The van der Waals surface area contributed by atoms with Crippen LogP contribution in [0.25, 0.3) is 0 Å². The molecular weight excluding hydrogens is 251 g/mol. The van der Waals surface area contributed by atoms with Crippen molar-refractivity contribution in [3.63, 3.8) is 0 Å². The number of halogens is 1. The Morgan fingerprint density at radius 2 is 1.95 bits per heavy atom. The summed E-state index contributed by atoms with van der Waals surface area (Å²) in [5.41, 5.74) is 1.45. The summed E-state index contributed by atoms with van der Waals surface area (Å²) >= 11 is 0. The molecule has 2 atom stereocenters. The maximum absolute atomic E-state index is 13.0. The van der Waals surface area contributed by atoms with Gasteiger partial charge < -0.3 is 10.2 Å². The van der Waals surface area contributed by atoms with Crippen LogP contribution in [0.15, 0.2) is 24.3 Å². The van der Waals surface area contributed by atoms with Gasteiger partial charge in [0.05, 0.1) is 0 Å². The summed E-state index contributed by atoms with van der Waals surface area (Å²) in [5.74, 6) is 0.481. The zero-order valence-electron chi connectivity index (χ0n) is 13.1. The first-order chi connectivity index (χ1) is 9.44. The average molecular weight is 278 g/mol. The normalized spacial score (nSPS) is 24.9. The van der Waals surface area contributed by atoms with Crippen molar-refractivity contribution in [2.24, 2.45) is 11.3 Å². The highest BCUT2D eigenvalue weighted by molar-refractivity contribution is 5.45. The molecule has 0 bridgehead atoms. The molecule has 1 aliphatic rings. The molecule has 0 aromatic heterocycles. The topological polar surface area (TPSA) is 15.3 Å². The van der Waals surface area contributed by atoms with E-state index in [0.29, 0.717) is 17.4 Å². The lowest BCUT2D eigenvalue weighted by Crippen LogP contribution is -2.45. The maximum Gasteiger partial charge on any atom is 0.123 e. The highest BCUT2D eigenvalue weighted by atomic mass is 19.1. The number of rotatable bonds is 5. The molecule has 112 valence electrons. The fourth-order valence-electron chi connectivity index (χ4n) is 3.53. The van der Waals surface area contributed by atoms with Crippen LogP contribution in [0.5, 0.6) is 0 Å². The fraction of sp³-hybridized carbons (Fsp3) is 0.647. The quantitative estimate of drug-likeness (QED) is 0.884. The van der Waals surface area contributed by atoms with E-state index in [9.17, 15) is 4.39 Å². The SMILES string of the molecule is CCNC1C(CN(C)c2ccc(F)cc2)CCC1(C)C. The molecular formula is C17H27FN2. The molecule has 2 rings (SSSR count). The lowest BCUT2D eigenvalue weighted by atomic mass is 9.84. The van der Waals surface area contributed by atoms with E-state index >= 15 is 0 Å². The molecule has 2 unspecified atom stereocenters. The number of benzene rings is 1. The third-order valence-electron chi connectivity index (χ3n) is 4.67. The molecule has 1 N–H and O–H groups in total. The van der Waals surface area contributed by atoms with Crippen LogP contribution in [0.2, 0.25) is 0 Å². The Labute approximate surface area is 122 Å². The predicted octanol–water partition coefficient (Wildman–Crippen LogP) is 3.68. The summed E-state index contributed by atoms with van der Waals surface area (Å²) in [4.78, 5) is 2.25. The maximum atomic E-state index is 13.0. The molecule has 0 heterocycles. The van der Waals surface area contributed by atoms with E-state index in [-0.39, 0.29) is 5.82 Å². The molecule has 1 fully saturated rings. The zero-order chi connectivity index (χ0) is 14.8. The van der Waals surface area contributed by atoms with Gasteiger partial charge >= 0.3 is 0 Å². The lowest BCUT2D eigenvalue weighted by molar-refractivity contribution is 0.253. The van der Waals surface area contributed by atoms with Crippen molar-refractivity contribution >= 4 is 5.69 Å². The zero-order valence-corrected chi connectivity index (χ0v) is 13.1. The minimum Gasteiger partial charge on any atom is -0.374 e. The smallest absolute Gasteiger partial charge is 0.123 e. The van der Waals surface area contributed by atoms with Gasteiger partial charge in [0.1, 0.15) is 5.82 Å². The molecule has 20 heavy (non-hydrogen) atoms. The van der Waals surface area contributed by atoms with Crippen LogP contribution in [0.3, 0.4) is 0 Å². The first-order valence-electron chi connectivity index (χ1n) is 7.64. The van der Waals surface area contributed by atoms with E-state index in [2.05, 4.69) is 38.0 Å². The van der Waals surface area contributed by atoms with Crippen LogP contribution in [0, 0.1) is 17.2 Å². The van der Waals surface area contributed by atoms with E-state index in [1.807, 2.05) is 12.1 Å². The molecule has 0 spiro atoms. The van der Waals surface area contributed by atoms with E-state index in [0.717, 1.165) is 18.8 Å². The second-order valence-electron chi connectivity index (χ2n) is 6.68. The van der Waals surface area contributed by atoms with E-state index in [4.69, 9.17) is 0 Å². The molecule has 1 aromatic carbocycles. The van der Waals surface area contributed by atoms with Gasteiger partial charge in [0.15, 0.2) is 0 Å². The van der Waals surface area contributed by atoms with Crippen molar-refractivity contribution in [3.8, 4) is 0 Å². The first-order valence-corrected chi connectivity index (χ1v) is 7.64. The summed E-state index contributed by atoms with van der Waals surface area (Å²) < 4.78 is 13.0. The van der Waals surface area contributed by atoms with Crippen molar-refractivity contribution in [1.82, 2.24) is 5.32 Å². The van der Waals surface area contributed by atoms with Gasteiger partial charge in [-0.1, -0.05) is 20.8 Å². The largest absolute Gasteiger partial charge is 0.374 e. The number of hydrogen-bond acceptors (Lipinski definition) is 2. The highest BCUT2D eigenvalue weighted by Gasteiger charge is 2.41. The highest BCUT2D eigenvalue weighted by Crippen LogP contribution is 2.41. The Morgan fingerprint density at radius 3 is 2.55 bits per heavy atom. The summed E-state index contributed by atoms with van der Waals surface area (Å²) in [6.45, 7) is 8.93. The van der Waals surface area contributed by atoms with Crippen molar-refractivity contribution in [3.05, 3.63) is 30.1 Å². The van der Waals surface area contributed by atoms with Crippen molar-refractivity contribution in [1.29, 1.82) is 0 Å². The molecule has 0 amide bonds. The van der Waals surface area contributed by atoms with Crippen LogP contribution < -0.4 is 10.2 Å². The van der Waals surface area contributed by atoms with Gasteiger partial charge in [0.2, 0.25) is 0 Å². The summed E-state index contributed by atoms with van der Waals surface area (Å²) in [5, 5.41) is 3.66. The number of anilines is 1.